The van der Waals surface area contributed by atoms with Gasteiger partial charge in [0.05, 0.1) is 0 Å². The van der Waals surface area contributed by atoms with E-state index in [0.717, 1.165) is 12.5 Å². The van der Waals surface area contributed by atoms with Gasteiger partial charge < -0.3 is 10.3 Å². The molecule has 2 nitrogen and oxygen atoms in total. The highest BCUT2D eigenvalue weighted by Crippen LogP contribution is 2.24. The fraction of sp³-hybridized carbons (Fsp3) is 0.500. The van der Waals surface area contributed by atoms with Crippen LogP contribution in [0.15, 0.2) is 30.5 Å². The topological polar surface area (TPSA) is 27.8 Å². The van der Waals surface area contributed by atoms with Crippen LogP contribution in [0.25, 0.3) is 10.9 Å². The minimum atomic E-state index is 0.711. The first-order valence-electron chi connectivity index (χ1n) is 7.11. The molecule has 0 bridgehead atoms. The first-order valence-corrected chi connectivity index (χ1v) is 7.11. The smallest absolute Gasteiger partial charge is 0.0457 e. The summed E-state index contributed by atoms with van der Waals surface area (Å²) in [5.41, 5.74) is 2.63. The molecule has 2 heteroatoms. The quantitative estimate of drug-likeness (QED) is 0.841. The highest BCUT2D eigenvalue weighted by molar-refractivity contribution is 5.82. The number of aromatic nitrogens is 1. The van der Waals surface area contributed by atoms with E-state index in [2.05, 4.69) is 47.7 Å². The summed E-state index contributed by atoms with van der Waals surface area (Å²) in [6, 6.07) is 9.25. The Bertz CT molecular complexity index is 515. The first kappa shape index (κ1) is 11.8. The average Bonchev–Trinajstić information content (AvgIpc) is 2.80. The lowest BCUT2D eigenvalue weighted by molar-refractivity contribution is 0.301. The molecule has 0 aliphatic heterocycles. The maximum Gasteiger partial charge on any atom is 0.0457 e. The lowest BCUT2D eigenvalue weighted by atomic mass is 9.87. The fourth-order valence-electron chi connectivity index (χ4n) is 3.15. The molecule has 1 aliphatic rings. The number of rotatable bonds is 3. The Morgan fingerprint density at radius 1 is 1.28 bits per heavy atom. The van der Waals surface area contributed by atoms with Gasteiger partial charge in [-0.25, -0.2) is 0 Å². The van der Waals surface area contributed by atoms with Crippen LogP contribution in [0.2, 0.25) is 0 Å². The van der Waals surface area contributed by atoms with Crippen LogP contribution >= 0.6 is 0 Å². The van der Waals surface area contributed by atoms with Gasteiger partial charge in [-0.15, -0.1) is 0 Å². The normalized spacial score (nSPS) is 24.5. The number of hydrogen-bond donors (Lipinski definition) is 2. The number of para-hydroxylation sites is 1. The van der Waals surface area contributed by atoms with Crippen LogP contribution in [0, 0.1) is 5.92 Å². The molecule has 1 fully saturated rings. The van der Waals surface area contributed by atoms with Crippen molar-refractivity contribution in [3.05, 3.63) is 36.0 Å². The third-order valence-electron chi connectivity index (χ3n) is 4.19. The van der Waals surface area contributed by atoms with Crippen molar-refractivity contribution in [3.63, 3.8) is 0 Å². The average molecular weight is 242 g/mol. The summed E-state index contributed by atoms with van der Waals surface area (Å²) >= 11 is 0. The van der Waals surface area contributed by atoms with Gasteiger partial charge in [0.2, 0.25) is 0 Å². The van der Waals surface area contributed by atoms with Crippen molar-refractivity contribution in [2.24, 2.45) is 5.92 Å². The van der Waals surface area contributed by atoms with Crippen molar-refractivity contribution in [2.75, 3.05) is 0 Å². The largest absolute Gasteiger partial charge is 0.361 e. The zero-order valence-corrected chi connectivity index (χ0v) is 11.1. The van der Waals surface area contributed by atoms with Crippen LogP contribution in [0.3, 0.4) is 0 Å². The predicted octanol–water partition coefficient (Wildman–Crippen LogP) is 3.84. The van der Waals surface area contributed by atoms with E-state index in [1.54, 1.807) is 0 Å². The van der Waals surface area contributed by atoms with Gasteiger partial charge in [0.25, 0.3) is 0 Å². The maximum atomic E-state index is 3.73. The van der Waals surface area contributed by atoms with Gasteiger partial charge in [-0.3, -0.25) is 0 Å². The van der Waals surface area contributed by atoms with Crippen LogP contribution in [0.1, 0.15) is 38.2 Å². The van der Waals surface area contributed by atoms with Crippen molar-refractivity contribution in [3.8, 4) is 0 Å². The van der Waals surface area contributed by atoms with Gasteiger partial charge in [-0.05, 0) is 30.4 Å². The monoisotopic (exact) mass is 242 g/mol. The number of aromatic amines is 1. The van der Waals surface area contributed by atoms with Gasteiger partial charge in [0.1, 0.15) is 0 Å². The number of fused-ring (bicyclic) bond motifs is 1. The minimum absolute atomic E-state index is 0.711. The Morgan fingerprint density at radius 3 is 3.06 bits per heavy atom. The lowest BCUT2D eigenvalue weighted by Gasteiger charge is -2.27. The third kappa shape index (κ3) is 2.44. The molecule has 1 heterocycles. The molecule has 2 N–H and O–H groups in total. The number of H-pyrrole nitrogens is 1. The standard InChI is InChI=1S/C16H22N2/c1-12-5-4-6-14(9-12)17-10-13-11-18-16-8-3-2-7-15(13)16/h2-3,7-8,11-12,14,17-18H,4-6,9-10H2,1H3. The first-order chi connectivity index (χ1) is 8.83. The highest BCUT2D eigenvalue weighted by atomic mass is 14.9. The van der Waals surface area contributed by atoms with E-state index in [4.69, 9.17) is 0 Å². The summed E-state index contributed by atoms with van der Waals surface area (Å²) in [7, 11) is 0. The van der Waals surface area contributed by atoms with Gasteiger partial charge >= 0.3 is 0 Å². The van der Waals surface area contributed by atoms with Gasteiger partial charge in [-0.1, -0.05) is 38.0 Å². The molecule has 18 heavy (non-hydrogen) atoms. The SMILES string of the molecule is CC1CCCC(NCc2c[nH]c3ccccc23)C1. The van der Waals surface area contributed by atoms with Gasteiger partial charge in [0.15, 0.2) is 0 Å². The van der Waals surface area contributed by atoms with Crippen LogP contribution < -0.4 is 5.32 Å². The third-order valence-corrected chi connectivity index (χ3v) is 4.19. The molecule has 0 saturated heterocycles. The molecular formula is C16H22N2. The van der Waals surface area contributed by atoms with Crippen LogP contribution in [-0.4, -0.2) is 11.0 Å². The molecule has 1 aromatic heterocycles. The van der Waals surface area contributed by atoms with Crippen molar-refractivity contribution in [1.29, 1.82) is 0 Å². The molecule has 1 saturated carbocycles. The Labute approximate surface area is 109 Å². The molecule has 0 amide bonds. The minimum Gasteiger partial charge on any atom is -0.361 e. The number of hydrogen-bond acceptors (Lipinski definition) is 1. The summed E-state index contributed by atoms with van der Waals surface area (Å²) in [5, 5.41) is 5.08. The molecule has 0 radical (unpaired) electrons. The Hall–Kier alpha value is -1.28. The summed E-state index contributed by atoms with van der Waals surface area (Å²) in [4.78, 5) is 3.34. The zero-order valence-electron chi connectivity index (χ0n) is 11.1. The van der Waals surface area contributed by atoms with Crippen LogP contribution in [-0.2, 0) is 6.54 Å². The van der Waals surface area contributed by atoms with E-state index >= 15 is 0 Å². The second kappa shape index (κ2) is 5.15. The molecular weight excluding hydrogens is 220 g/mol. The molecule has 2 unspecified atom stereocenters. The second-order valence-electron chi connectivity index (χ2n) is 5.71. The van der Waals surface area contributed by atoms with E-state index in [9.17, 15) is 0 Å². The van der Waals surface area contributed by atoms with Crippen molar-refractivity contribution in [1.82, 2.24) is 10.3 Å². The summed E-state index contributed by atoms with van der Waals surface area (Å²) < 4.78 is 0. The number of nitrogens with one attached hydrogen (secondary N) is 2. The van der Waals surface area contributed by atoms with E-state index in [-0.39, 0.29) is 0 Å². The second-order valence-corrected chi connectivity index (χ2v) is 5.71. The lowest BCUT2D eigenvalue weighted by Crippen LogP contribution is -2.32. The predicted molar refractivity (Wildman–Crippen MR) is 76.6 cm³/mol. The van der Waals surface area contributed by atoms with Gasteiger partial charge in [-0.2, -0.15) is 0 Å². The molecule has 1 aromatic carbocycles. The molecule has 2 aromatic rings. The van der Waals surface area contributed by atoms with Crippen LogP contribution in [0.4, 0.5) is 0 Å². The molecule has 96 valence electrons. The van der Waals surface area contributed by atoms with Crippen molar-refractivity contribution < 1.29 is 0 Å². The molecule has 0 spiro atoms. The molecule has 3 rings (SSSR count). The number of benzene rings is 1. The Kier molecular flexibility index (Phi) is 3.37. The highest BCUT2D eigenvalue weighted by Gasteiger charge is 2.18. The van der Waals surface area contributed by atoms with E-state index in [1.807, 2.05) is 0 Å². The van der Waals surface area contributed by atoms with E-state index in [0.29, 0.717) is 6.04 Å². The summed E-state index contributed by atoms with van der Waals surface area (Å²) in [6.07, 6.45) is 7.61. The molecule has 1 aliphatic carbocycles. The fourth-order valence-corrected chi connectivity index (χ4v) is 3.15. The molecule has 2 atom stereocenters. The Morgan fingerprint density at radius 2 is 2.17 bits per heavy atom. The summed E-state index contributed by atoms with van der Waals surface area (Å²) in [5.74, 6) is 0.888. The van der Waals surface area contributed by atoms with Crippen LogP contribution in [0.5, 0.6) is 0 Å². The van der Waals surface area contributed by atoms with Crippen molar-refractivity contribution >= 4 is 10.9 Å². The Balaban J connectivity index is 1.66. The zero-order chi connectivity index (χ0) is 12.4. The van der Waals surface area contributed by atoms with Crippen molar-refractivity contribution in [2.45, 2.75) is 45.2 Å². The van der Waals surface area contributed by atoms with Gasteiger partial charge in [0, 0.05) is 29.7 Å². The summed E-state index contributed by atoms with van der Waals surface area (Å²) in [6.45, 7) is 3.36. The van der Waals surface area contributed by atoms with E-state index < -0.39 is 0 Å². The van der Waals surface area contributed by atoms with E-state index in [1.165, 1.54) is 42.1 Å². The maximum absolute atomic E-state index is 3.73.